The summed E-state index contributed by atoms with van der Waals surface area (Å²) in [6, 6.07) is 0. The molecule has 0 saturated carbocycles. The van der Waals surface area contributed by atoms with Gasteiger partial charge in [-0.15, -0.1) is 0 Å². The van der Waals surface area contributed by atoms with Gasteiger partial charge in [0.1, 0.15) is 0 Å². The highest BCUT2D eigenvalue weighted by Gasteiger charge is 1.99. The number of amides is 1. The molecule has 1 amide bonds. The molecule has 0 saturated heterocycles. The molecule has 2 N–H and O–H groups in total. The van der Waals surface area contributed by atoms with Crippen LogP contribution in [0.3, 0.4) is 0 Å². The van der Waals surface area contributed by atoms with Crippen LogP contribution in [0.4, 0.5) is 0 Å². The highest BCUT2D eigenvalue weighted by atomic mass is 16.5. The number of hydrogen-bond acceptors (Lipinski definition) is 3. The van der Waals surface area contributed by atoms with Crippen molar-refractivity contribution in [3.63, 3.8) is 0 Å². The summed E-state index contributed by atoms with van der Waals surface area (Å²) >= 11 is 0. The lowest BCUT2D eigenvalue weighted by molar-refractivity contribution is -0.121. The van der Waals surface area contributed by atoms with Crippen LogP contribution in [-0.4, -0.2) is 39.3 Å². The number of unbranched alkanes of at least 4 members (excludes halogenated alkanes) is 5. The number of nitrogens with one attached hydrogen (secondary N) is 2. The second-order valence-electron chi connectivity index (χ2n) is 4.88. The predicted octanol–water partition coefficient (Wildman–Crippen LogP) is 2.48. The number of carbonyl (C=O) groups excluding carboxylic acids is 1. The van der Waals surface area contributed by atoms with Crippen molar-refractivity contribution in [3.05, 3.63) is 0 Å². The summed E-state index contributed by atoms with van der Waals surface area (Å²) < 4.78 is 5.20. The minimum Gasteiger partial charge on any atom is -0.382 e. The molecule has 19 heavy (non-hydrogen) atoms. The van der Waals surface area contributed by atoms with Crippen LogP contribution in [0.2, 0.25) is 0 Å². The fourth-order valence-electron chi connectivity index (χ4n) is 1.93. The van der Waals surface area contributed by atoms with Crippen LogP contribution in [0.25, 0.3) is 0 Å². The standard InChI is InChI=1S/C15H32N2O2/c1-3-19-14-10-11-15(18)17-13-9-7-5-4-6-8-12-16-2/h16H,3-14H2,1-2H3,(H,17,18). The molecule has 0 aliphatic heterocycles. The topological polar surface area (TPSA) is 50.4 Å². The van der Waals surface area contributed by atoms with E-state index in [2.05, 4.69) is 10.6 Å². The Hall–Kier alpha value is -0.610. The lowest BCUT2D eigenvalue weighted by atomic mass is 10.1. The van der Waals surface area contributed by atoms with Crippen molar-refractivity contribution < 1.29 is 9.53 Å². The van der Waals surface area contributed by atoms with Crippen LogP contribution in [-0.2, 0) is 9.53 Å². The van der Waals surface area contributed by atoms with E-state index in [0.717, 1.165) is 32.5 Å². The molecule has 0 unspecified atom stereocenters. The lowest BCUT2D eigenvalue weighted by Gasteiger charge is -2.05. The molecule has 0 spiro atoms. The maximum Gasteiger partial charge on any atom is 0.220 e. The Morgan fingerprint density at radius 1 is 0.947 bits per heavy atom. The fraction of sp³-hybridized carbons (Fsp3) is 0.933. The van der Waals surface area contributed by atoms with Gasteiger partial charge in [-0.3, -0.25) is 4.79 Å². The Morgan fingerprint density at radius 2 is 1.58 bits per heavy atom. The zero-order chi connectivity index (χ0) is 14.2. The fourth-order valence-corrected chi connectivity index (χ4v) is 1.93. The van der Waals surface area contributed by atoms with Crippen LogP contribution in [0.1, 0.15) is 58.3 Å². The van der Waals surface area contributed by atoms with Crippen molar-refractivity contribution in [2.75, 3.05) is 33.4 Å². The van der Waals surface area contributed by atoms with Gasteiger partial charge in [-0.2, -0.15) is 0 Å². The molecular formula is C15H32N2O2. The quantitative estimate of drug-likeness (QED) is 0.478. The molecule has 0 rings (SSSR count). The summed E-state index contributed by atoms with van der Waals surface area (Å²) in [7, 11) is 2.00. The average molecular weight is 272 g/mol. The Morgan fingerprint density at radius 3 is 2.21 bits per heavy atom. The van der Waals surface area contributed by atoms with E-state index < -0.39 is 0 Å². The number of hydrogen-bond donors (Lipinski definition) is 2. The number of ether oxygens (including phenoxy) is 1. The van der Waals surface area contributed by atoms with Crippen molar-refractivity contribution in [2.45, 2.75) is 58.3 Å². The third kappa shape index (κ3) is 15.3. The summed E-state index contributed by atoms with van der Waals surface area (Å²) in [6.07, 6.45) is 8.91. The summed E-state index contributed by atoms with van der Waals surface area (Å²) in [4.78, 5) is 11.4. The molecule has 0 aliphatic rings. The van der Waals surface area contributed by atoms with Crippen molar-refractivity contribution >= 4 is 5.91 Å². The van der Waals surface area contributed by atoms with Gasteiger partial charge in [-0.25, -0.2) is 0 Å². The Bertz CT molecular complexity index is 199. The van der Waals surface area contributed by atoms with Crippen LogP contribution in [0, 0.1) is 0 Å². The van der Waals surface area contributed by atoms with E-state index in [9.17, 15) is 4.79 Å². The van der Waals surface area contributed by atoms with E-state index >= 15 is 0 Å². The number of carbonyl (C=O) groups is 1. The van der Waals surface area contributed by atoms with E-state index in [1.54, 1.807) is 0 Å². The molecule has 0 aromatic rings. The van der Waals surface area contributed by atoms with E-state index in [0.29, 0.717) is 13.0 Å². The molecule has 4 heteroatoms. The van der Waals surface area contributed by atoms with Crippen molar-refractivity contribution in [2.24, 2.45) is 0 Å². The second kappa shape index (κ2) is 15.4. The van der Waals surface area contributed by atoms with E-state index in [1.807, 2.05) is 14.0 Å². The first-order valence-electron chi connectivity index (χ1n) is 7.80. The maximum absolute atomic E-state index is 11.4. The number of rotatable bonds is 14. The largest absolute Gasteiger partial charge is 0.382 e. The molecule has 0 aliphatic carbocycles. The zero-order valence-electron chi connectivity index (χ0n) is 12.8. The zero-order valence-corrected chi connectivity index (χ0v) is 12.8. The molecule has 0 bridgehead atoms. The van der Waals surface area contributed by atoms with Crippen LogP contribution in [0.5, 0.6) is 0 Å². The first-order chi connectivity index (χ1) is 9.31. The SMILES string of the molecule is CCOCCCC(=O)NCCCCCCCCNC. The van der Waals surface area contributed by atoms with Gasteiger partial charge >= 0.3 is 0 Å². The smallest absolute Gasteiger partial charge is 0.220 e. The highest BCUT2D eigenvalue weighted by molar-refractivity contribution is 5.75. The highest BCUT2D eigenvalue weighted by Crippen LogP contribution is 2.04. The van der Waals surface area contributed by atoms with Crippen molar-refractivity contribution in [1.82, 2.24) is 10.6 Å². The summed E-state index contributed by atoms with van der Waals surface area (Å²) in [5.74, 6) is 0.161. The molecule has 0 atom stereocenters. The van der Waals surface area contributed by atoms with Gasteiger partial charge in [0.05, 0.1) is 0 Å². The van der Waals surface area contributed by atoms with Gasteiger partial charge in [0.2, 0.25) is 5.91 Å². The first kappa shape index (κ1) is 18.4. The average Bonchev–Trinajstić information content (AvgIpc) is 2.42. The van der Waals surface area contributed by atoms with E-state index in [4.69, 9.17) is 4.74 Å². The van der Waals surface area contributed by atoms with E-state index in [-0.39, 0.29) is 5.91 Å². The van der Waals surface area contributed by atoms with Gasteiger partial charge in [0.15, 0.2) is 0 Å². The molecule has 0 heterocycles. The lowest BCUT2D eigenvalue weighted by Crippen LogP contribution is -2.24. The molecule has 0 radical (unpaired) electrons. The molecule has 4 nitrogen and oxygen atoms in total. The summed E-state index contributed by atoms with van der Waals surface area (Å²) in [5.41, 5.74) is 0. The van der Waals surface area contributed by atoms with Gasteiger partial charge < -0.3 is 15.4 Å². The maximum atomic E-state index is 11.4. The van der Waals surface area contributed by atoms with Crippen LogP contribution in [0.15, 0.2) is 0 Å². The Kier molecular flexibility index (Phi) is 15.0. The molecular weight excluding hydrogens is 240 g/mol. The third-order valence-electron chi connectivity index (χ3n) is 3.07. The minimum absolute atomic E-state index is 0.161. The molecule has 0 fully saturated rings. The Balaban J connectivity index is 3.10. The van der Waals surface area contributed by atoms with Gasteiger partial charge in [0.25, 0.3) is 0 Å². The van der Waals surface area contributed by atoms with Gasteiger partial charge in [0, 0.05) is 26.2 Å². The monoisotopic (exact) mass is 272 g/mol. The second-order valence-corrected chi connectivity index (χ2v) is 4.88. The van der Waals surface area contributed by atoms with Crippen LogP contribution < -0.4 is 10.6 Å². The molecule has 0 aromatic heterocycles. The third-order valence-corrected chi connectivity index (χ3v) is 3.07. The summed E-state index contributed by atoms with van der Waals surface area (Å²) in [5, 5.41) is 6.13. The predicted molar refractivity (Wildman–Crippen MR) is 80.4 cm³/mol. The minimum atomic E-state index is 0.161. The molecule has 114 valence electrons. The van der Waals surface area contributed by atoms with Crippen molar-refractivity contribution in [3.8, 4) is 0 Å². The molecule has 0 aromatic carbocycles. The normalized spacial score (nSPS) is 10.6. The summed E-state index contributed by atoms with van der Waals surface area (Å²) in [6.45, 7) is 5.34. The van der Waals surface area contributed by atoms with Gasteiger partial charge in [-0.05, 0) is 39.8 Å². The van der Waals surface area contributed by atoms with Crippen LogP contribution >= 0.6 is 0 Å². The van der Waals surface area contributed by atoms with E-state index in [1.165, 1.54) is 32.1 Å². The first-order valence-corrected chi connectivity index (χ1v) is 7.80. The Labute approximate surface area is 118 Å². The van der Waals surface area contributed by atoms with Crippen molar-refractivity contribution in [1.29, 1.82) is 0 Å². The van der Waals surface area contributed by atoms with Gasteiger partial charge in [-0.1, -0.05) is 25.7 Å².